The molecule has 5 heteroatoms. The number of nitrogens with one attached hydrogen (secondary N) is 1. The molecule has 0 atom stereocenters. The first-order valence-electron chi connectivity index (χ1n) is 5.17. The van der Waals surface area contributed by atoms with Crippen LogP contribution in [0.2, 0.25) is 0 Å². The molecule has 0 aliphatic heterocycles. The second-order valence-corrected chi connectivity index (χ2v) is 3.22. The summed E-state index contributed by atoms with van der Waals surface area (Å²) in [7, 11) is 1.58. The molecule has 0 saturated carbocycles. The van der Waals surface area contributed by atoms with E-state index in [1.165, 1.54) is 0 Å². The molecule has 1 aromatic rings. The number of nitrogens with zero attached hydrogens (tertiary/aromatic N) is 2. The van der Waals surface area contributed by atoms with Gasteiger partial charge in [0, 0.05) is 6.54 Å². The van der Waals surface area contributed by atoms with Crippen LogP contribution in [0.25, 0.3) is 0 Å². The largest absolute Gasteiger partial charge is 0.480 e. The van der Waals surface area contributed by atoms with Crippen molar-refractivity contribution in [2.24, 2.45) is 5.73 Å². The maximum absolute atomic E-state index is 5.40. The van der Waals surface area contributed by atoms with Gasteiger partial charge in [0.1, 0.15) is 5.82 Å². The molecule has 0 radical (unpaired) electrons. The molecule has 0 fully saturated rings. The molecule has 0 aliphatic carbocycles. The topological polar surface area (TPSA) is 73.1 Å². The highest BCUT2D eigenvalue weighted by Crippen LogP contribution is 2.08. The summed E-state index contributed by atoms with van der Waals surface area (Å²) >= 11 is 0. The summed E-state index contributed by atoms with van der Waals surface area (Å²) in [5.41, 5.74) is 5.40. The van der Waals surface area contributed by atoms with Crippen molar-refractivity contribution in [1.29, 1.82) is 0 Å². The quantitative estimate of drug-likeness (QED) is 0.657. The second-order valence-electron chi connectivity index (χ2n) is 3.22. The molecule has 5 nitrogen and oxygen atoms in total. The molecule has 84 valence electrons. The van der Waals surface area contributed by atoms with Crippen molar-refractivity contribution in [3.05, 3.63) is 12.4 Å². The molecular weight excluding hydrogens is 192 g/mol. The molecule has 3 N–H and O–H groups in total. The smallest absolute Gasteiger partial charge is 0.233 e. The van der Waals surface area contributed by atoms with Crippen LogP contribution in [0, 0.1) is 0 Å². The molecule has 1 heterocycles. The molecule has 0 saturated heterocycles. The third-order valence-electron chi connectivity index (χ3n) is 2.01. The fourth-order valence-electron chi connectivity index (χ4n) is 1.19. The van der Waals surface area contributed by atoms with Crippen molar-refractivity contribution in [2.45, 2.75) is 19.3 Å². The number of anilines is 1. The van der Waals surface area contributed by atoms with Crippen LogP contribution in [0.15, 0.2) is 12.4 Å². The lowest BCUT2D eigenvalue weighted by molar-refractivity contribution is 0.396. The predicted octanol–water partition coefficient (Wildman–Crippen LogP) is 1.03. The number of methoxy groups -OCH3 is 1. The van der Waals surface area contributed by atoms with Crippen molar-refractivity contribution in [1.82, 2.24) is 9.97 Å². The van der Waals surface area contributed by atoms with Gasteiger partial charge in [0.05, 0.1) is 19.5 Å². The highest BCUT2D eigenvalue weighted by atomic mass is 16.5. The van der Waals surface area contributed by atoms with E-state index in [9.17, 15) is 0 Å². The zero-order valence-electron chi connectivity index (χ0n) is 9.07. The molecule has 1 rings (SSSR count). The average molecular weight is 210 g/mol. The van der Waals surface area contributed by atoms with Crippen molar-refractivity contribution in [3.63, 3.8) is 0 Å². The van der Waals surface area contributed by atoms with Gasteiger partial charge >= 0.3 is 0 Å². The van der Waals surface area contributed by atoms with Gasteiger partial charge in [0.25, 0.3) is 0 Å². The van der Waals surface area contributed by atoms with Crippen LogP contribution in [0.5, 0.6) is 5.88 Å². The maximum Gasteiger partial charge on any atom is 0.233 e. The van der Waals surface area contributed by atoms with Crippen LogP contribution < -0.4 is 15.8 Å². The molecular formula is C10H18N4O. The molecule has 15 heavy (non-hydrogen) atoms. The van der Waals surface area contributed by atoms with Gasteiger partial charge in [0.15, 0.2) is 0 Å². The van der Waals surface area contributed by atoms with Crippen LogP contribution in [0.1, 0.15) is 19.3 Å². The Bertz CT molecular complexity index is 280. The SMILES string of the molecule is COc1cncc(NCCCCCN)n1. The lowest BCUT2D eigenvalue weighted by Gasteiger charge is -2.05. The van der Waals surface area contributed by atoms with Crippen molar-refractivity contribution in [3.8, 4) is 5.88 Å². The fourth-order valence-corrected chi connectivity index (χ4v) is 1.19. The number of hydrogen-bond donors (Lipinski definition) is 2. The Balaban J connectivity index is 2.24. The summed E-state index contributed by atoms with van der Waals surface area (Å²) < 4.78 is 4.97. The Morgan fingerprint density at radius 2 is 2.20 bits per heavy atom. The Morgan fingerprint density at radius 3 is 2.93 bits per heavy atom. The zero-order chi connectivity index (χ0) is 10.9. The molecule has 0 spiro atoms. The monoisotopic (exact) mass is 210 g/mol. The number of nitrogens with two attached hydrogens (primary N) is 1. The van der Waals surface area contributed by atoms with Crippen molar-refractivity contribution in [2.75, 3.05) is 25.5 Å². The Kier molecular flexibility index (Phi) is 5.47. The van der Waals surface area contributed by atoms with Crippen LogP contribution >= 0.6 is 0 Å². The molecule has 0 unspecified atom stereocenters. The van der Waals surface area contributed by atoms with Gasteiger partial charge in [-0.15, -0.1) is 0 Å². The van der Waals surface area contributed by atoms with E-state index in [0.29, 0.717) is 5.88 Å². The second kappa shape index (κ2) is 7.00. The molecule has 0 aliphatic rings. The Morgan fingerprint density at radius 1 is 1.33 bits per heavy atom. The molecule has 0 bridgehead atoms. The van der Waals surface area contributed by atoms with Gasteiger partial charge in [-0.05, 0) is 19.4 Å². The lowest BCUT2D eigenvalue weighted by atomic mass is 10.2. The van der Waals surface area contributed by atoms with E-state index in [4.69, 9.17) is 10.5 Å². The van der Waals surface area contributed by atoms with Crippen LogP contribution in [0.3, 0.4) is 0 Å². The van der Waals surface area contributed by atoms with Gasteiger partial charge in [-0.3, -0.25) is 4.98 Å². The summed E-state index contributed by atoms with van der Waals surface area (Å²) in [5.74, 6) is 1.28. The van der Waals surface area contributed by atoms with Crippen molar-refractivity contribution < 1.29 is 4.74 Å². The Hall–Kier alpha value is -1.36. The molecule has 0 amide bonds. The minimum absolute atomic E-state index is 0.530. The number of rotatable bonds is 7. The first kappa shape index (κ1) is 11.7. The summed E-state index contributed by atoms with van der Waals surface area (Å²) in [6.07, 6.45) is 6.58. The van der Waals surface area contributed by atoms with E-state index >= 15 is 0 Å². The summed E-state index contributed by atoms with van der Waals surface area (Å²) in [6, 6.07) is 0. The standard InChI is InChI=1S/C10H18N4O/c1-15-10-8-12-7-9(14-10)13-6-4-2-3-5-11/h7-8H,2-6,11H2,1H3,(H,13,14). The van der Waals surface area contributed by atoms with Gasteiger partial charge < -0.3 is 15.8 Å². The van der Waals surface area contributed by atoms with Gasteiger partial charge in [-0.2, -0.15) is 4.98 Å². The maximum atomic E-state index is 5.40. The van der Waals surface area contributed by atoms with Gasteiger partial charge in [0.2, 0.25) is 5.88 Å². The van der Waals surface area contributed by atoms with E-state index in [1.54, 1.807) is 19.5 Å². The third-order valence-corrected chi connectivity index (χ3v) is 2.01. The van der Waals surface area contributed by atoms with Crippen LogP contribution in [-0.2, 0) is 0 Å². The highest BCUT2D eigenvalue weighted by molar-refractivity contribution is 5.32. The minimum atomic E-state index is 0.530. The number of ether oxygens (including phenoxy) is 1. The minimum Gasteiger partial charge on any atom is -0.480 e. The first-order chi connectivity index (χ1) is 7.36. The molecule has 1 aromatic heterocycles. The lowest BCUT2D eigenvalue weighted by Crippen LogP contribution is -2.05. The first-order valence-corrected chi connectivity index (χ1v) is 5.17. The van der Waals surface area contributed by atoms with Crippen molar-refractivity contribution >= 4 is 5.82 Å². The average Bonchev–Trinajstić information content (AvgIpc) is 2.29. The molecule has 0 aromatic carbocycles. The van der Waals surface area contributed by atoms with E-state index in [1.807, 2.05) is 0 Å². The number of unbranched alkanes of at least 4 members (excludes halogenated alkanes) is 2. The Labute approximate surface area is 90.1 Å². The number of aromatic nitrogens is 2. The van der Waals surface area contributed by atoms with E-state index in [-0.39, 0.29) is 0 Å². The summed E-state index contributed by atoms with van der Waals surface area (Å²) in [5, 5.41) is 3.18. The fraction of sp³-hybridized carbons (Fsp3) is 0.600. The normalized spacial score (nSPS) is 10.0. The summed E-state index contributed by atoms with van der Waals surface area (Å²) in [6.45, 7) is 1.65. The van der Waals surface area contributed by atoms with E-state index in [0.717, 1.165) is 38.2 Å². The van der Waals surface area contributed by atoms with Gasteiger partial charge in [-0.1, -0.05) is 6.42 Å². The number of hydrogen-bond acceptors (Lipinski definition) is 5. The van der Waals surface area contributed by atoms with Crippen LogP contribution in [-0.4, -0.2) is 30.2 Å². The van der Waals surface area contributed by atoms with Gasteiger partial charge in [-0.25, -0.2) is 0 Å². The summed E-state index contributed by atoms with van der Waals surface area (Å²) in [4.78, 5) is 8.19. The highest BCUT2D eigenvalue weighted by Gasteiger charge is 1.96. The van der Waals surface area contributed by atoms with E-state index < -0.39 is 0 Å². The van der Waals surface area contributed by atoms with Crippen LogP contribution in [0.4, 0.5) is 5.82 Å². The third kappa shape index (κ3) is 4.60. The zero-order valence-corrected chi connectivity index (χ0v) is 9.07. The van der Waals surface area contributed by atoms with E-state index in [2.05, 4.69) is 15.3 Å². The predicted molar refractivity (Wildman–Crippen MR) is 60.0 cm³/mol.